The number of hydrogen-bond donors (Lipinski definition) is 3. The van der Waals surface area contributed by atoms with Crippen LogP contribution in [0.15, 0.2) is 15.8 Å². The fraction of sp³-hybridized carbons (Fsp3) is 0.556. The molecule has 24 heteroatoms. The number of hydrogen-bond acceptors (Lipinski definition) is 13. The van der Waals surface area contributed by atoms with Gasteiger partial charge in [-0.15, -0.1) is 0 Å². The van der Waals surface area contributed by atoms with E-state index in [2.05, 4.69) is 8.83 Å². The minimum atomic E-state index is -6.05. The summed E-state index contributed by atoms with van der Waals surface area (Å²) in [6.45, 7) is -0.937. The first-order valence-electron chi connectivity index (χ1n) is 7.23. The number of aromatic nitrogens is 2. The number of aromatic amines is 1. The van der Waals surface area contributed by atoms with E-state index in [0.717, 1.165) is 15.6 Å². The van der Waals surface area contributed by atoms with E-state index in [1.807, 2.05) is 4.98 Å². The van der Waals surface area contributed by atoms with E-state index in [-0.39, 0.29) is 128 Å². The molecule has 166 valence electrons. The predicted octanol–water partition coefficient (Wildman–Crippen LogP) is -15.8. The van der Waals surface area contributed by atoms with Crippen LogP contribution in [0.3, 0.4) is 0 Å². The Morgan fingerprint density at radius 1 is 1.15 bits per heavy atom. The van der Waals surface area contributed by atoms with Gasteiger partial charge < -0.3 is 38.5 Å². The van der Waals surface area contributed by atoms with Crippen molar-refractivity contribution in [3.63, 3.8) is 0 Å². The number of ether oxygens (including phenoxy) is 1. The van der Waals surface area contributed by atoms with Crippen LogP contribution in [0.5, 0.6) is 0 Å². The average Bonchev–Trinajstić information content (AvgIpc) is 2.86. The molecule has 1 aliphatic heterocycles. The largest absolute Gasteiger partial charge is 1.00 e. The molecule has 0 radical (unpaired) electrons. The number of nitrogens with one attached hydrogen (secondary N) is 2. The molecule has 0 amide bonds. The zero-order chi connectivity index (χ0) is 22.2. The SMILES string of the molecule is O=c1[nH]c(=O)n([C@H]2C[C@H](O)[C@@H](COP(=O)([O-])NP(=O)([O-])OP(=O)([O-])[O-])O2)cc1I.[Na+].[Na+].[Na+].[Na+]. The minimum absolute atomic E-state index is 0. The Morgan fingerprint density at radius 3 is 2.21 bits per heavy atom. The van der Waals surface area contributed by atoms with Gasteiger partial charge in [0.15, 0.2) is 0 Å². The zero-order valence-electron chi connectivity index (χ0n) is 17.7. The Hall–Kier alpha value is 3.74. The third-order valence-corrected chi connectivity index (χ3v) is 8.18. The predicted molar refractivity (Wildman–Crippen MR) is 91.6 cm³/mol. The number of H-pyrrole nitrogens is 1. The molecular formula is C9H11IN3Na4O13P3. The van der Waals surface area contributed by atoms with E-state index in [1.165, 1.54) is 0 Å². The molecule has 2 rings (SSSR count). The molecule has 1 aromatic heterocycles. The zero-order valence-corrected chi connectivity index (χ0v) is 30.6. The maximum absolute atomic E-state index is 11.8. The number of rotatable bonds is 8. The van der Waals surface area contributed by atoms with E-state index in [9.17, 15) is 48.0 Å². The van der Waals surface area contributed by atoms with E-state index in [4.69, 9.17) is 4.74 Å². The van der Waals surface area contributed by atoms with Gasteiger partial charge in [-0.25, -0.2) is 4.79 Å². The molecule has 0 spiro atoms. The summed E-state index contributed by atoms with van der Waals surface area (Å²) in [4.78, 5) is 69.3. The summed E-state index contributed by atoms with van der Waals surface area (Å²) in [5.41, 5.74) is -1.50. The molecule has 1 aliphatic rings. The standard InChI is InChI=1S/C9H15IN3O13P3.4Na/c10-4-2-13(9(16)11-8(4)15)7-1-5(14)6(25-7)3-24-27(17,18)12-28(19,20)26-29(21,22)23;;;;/h2,5-7,14H,1,3H2,(H,11,15,16)(H2,21,22,23)(H3,12,17,18,19,20);;;;/q;4*+1/p-4/t5-,6+,7+;;;;/m0..../s1. The Bertz CT molecular complexity index is 1040. The van der Waals surface area contributed by atoms with Gasteiger partial charge in [-0.1, -0.05) is 0 Å². The molecule has 2 heterocycles. The fourth-order valence-electron chi connectivity index (χ4n) is 2.21. The van der Waals surface area contributed by atoms with Crippen molar-refractivity contribution in [3.8, 4) is 0 Å². The van der Waals surface area contributed by atoms with Crippen LogP contribution in [-0.2, 0) is 27.3 Å². The Morgan fingerprint density at radius 2 is 1.70 bits per heavy atom. The van der Waals surface area contributed by atoms with Gasteiger partial charge in [-0.05, 0) is 22.6 Å². The summed E-state index contributed by atoms with van der Waals surface area (Å²) in [6.07, 6.45) is -2.85. The fourth-order valence-corrected chi connectivity index (χ4v) is 5.95. The summed E-state index contributed by atoms with van der Waals surface area (Å²) < 4.78 is 46.8. The molecule has 2 unspecified atom stereocenters. The van der Waals surface area contributed by atoms with Gasteiger partial charge >= 0.3 is 124 Å². The normalized spacial score (nSPS) is 23.5. The van der Waals surface area contributed by atoms with Gasteiger partial charge in [-0.2, -0.15) is 4.86 Å². The van der Waals surface area contributed by atoms with Gasteiger partial charge in [0, 0.05) is 12.6 Å². The molecule has 3 N–H and O–H groups in total. The summed E-state index contributed by atoms with van der Waals surface area (Å²) >= 11 is 1.65. The van der Waals surface area contributed by atoms with E-state index in [1.54, 1.807) is 22.6 Å². The maximum atomic E-state index is 11.8. The Balaban J connectivity index is -0.00000225. The molecule has 16 nitrogen and oxygen atoms in total. The summed E-state index contributed by atoms with van der Waals surface area (Å²) in [6, 6.07) is 0. The molecule has 1 saturated heterocycles. The van der Waals surface area contributed by atoms with Gasteiger partial charge in [0.2, 0.25) is 15.5 Å². The molecule has 0 aromatic carbocycles. The third kappa shape index (κ3) is 14.1. The molecule has 0 saturated carbocycles. The van der Waals surface area contributed by atoms with Crippen LogP contribution in [0.4, 0.5) is 0 Å². The summed E-state index contributed by atoms with van der Waals surface area (Å²) in [5.74, 6) is 0. The third-order valence-electron chi connectivity index (χ3n) is 3.30. The topological polar surface area (TPSA) is 258 Å². The number of nitrogens with zero attached hydrogens (tertiary/aromatic N) is 1. The van der Waals surface area contributed by atoms with Crippen LogP contribution in [-0.4, -0.2) is 33.5 Å². The second-order valence-electron chi connectivity index (χ2n) is 5.50. The summed E-state index contributed by atoms with van der Waals surface area (Å²) in [5, 5.41) is 9.95. The minimum Gasteiger partial charge on any atom is -0.790 e. The van der Waals surface area contributed by atoms with Crippen molar-refractivity contribution in [2.24, 2.45) is 0 Å². The quantitative estimate of drug-likeness (QED) is 0.131. The number of aliphatic hydroxyl groups is 1. The van der Waals surface area contributed by atoms with Gasteiger partial charge in [0.1, 0.15) is 12.3 Å². The molecule has 33 heavy (non-hydrogen) atoms. The van der Waals surface area contributed by atoms with Crippen molar-refractivity contribution in [2.75, 3.05) is 6.61 Å². The van der Waals surface area contributed by atoms with Crippen molar-refractivity contribution >= 4 is 45.9 Å². The maximum Gasteiger partial charge on any atom is 1.00 e. The summed E-state index contributed by atoms with van der Waals surface area (Å²) in [7, 11) is -17.4. The van der Waals surface area contributed by atoms with E-state index in [0.29, 0.717) is 0 Å². The average molecular weight is 681 g/mol. The van der Waals surface area contributed by atoms with Crippen molar-refractivity contribution in [1.29, 1.82) is 0 Å². The first-order valence-corrected chi connectivity index (χ1v) is 12.8. The number of aliphatic hydroxyl groups excluding tert-OH is 1. The van der Waals surface area contributed by atoms with Crippen LogP contribution in [0.25, 0.3) is 0 Å². The molecule has 0 bridgehead atoms. The van der Waals surface area contributed by atoms with Gasteiger partial charge in [-0.3, -0.25) is 27.8 Å². The molecule has 1 aromatic rings. The van der Waals surface area contributed by atoms with Crippen molar-refractivity contribution in [3.05, 3.63) is 30.6 Å². The van der Waals surface area contributed by atoms with Gasteiger partial charge in [0.05, 0.1) is 24.1 Å². The smallest absolute Gasteiger partial charge is 0.790 e. The van der Waals surface area contributed by atoms with E-state index >= 15 is 0 Å². The second-order valence-corrected chi connectivity index (χ2v) is 11.3. The monoisotopic (exact) mass is 681 g/mol. The molecular weight excluding hydrogens is 670 g/mol. The first-order chi connectivity index (χ1) is 13.1. The molecule has 5 atom stereocenters. The van der Waals surface area contributed by atoms with Crippen LogP contribution in [0, 0.1) is 3.57 Å². The van der Waals surface area contributed by atoms with Crippen LogP contribution in [0.1, 0.15) is 12.6 Å². The Kier molecular flexibility index (Phi) is 20.9. The van der Waals surface area contributed by atoms with Gasteiger partial charge in [0.25, 0.3) is 5.56 Å². The van der Waals surface area contributed by atoms with Crippen molar-refractivity contribution in [1.82, 2.24) is 14.4 Å². The van der Waals surface area contributed by atoms with Crippen LogP contribution in [0.2, 0.25) is 0 Å². The van der Waals surface area contributed by atoms with Crippen LogP contribution < -0.4 is 154 Å². The number of halogens is 1. The first kappa shape index (κ1) is 41.2. The Labute approximate surface area is 288 Å². The van der Waals surface area contributed by atoms with Crippen LogP contribution >= 0.6 is 45.9 Å². The number of phosphoric acid groups is 1. The van der Waals surface area contributed by atoms with Crippen molar-refractivity contribution in [2.45, 2.75) is 24.9 Å². The second kappa shape index (κ2) is 16.8. The van der Waals surface area contributed by atoms with E-state index < -0.39 is 59.6 Å². The molecule has 0 aliphatic carbocycles. The van der Waals surface area contributed by atoms with Crippen molar-refractivity contribution < 1.29 is 170 Å². The molecule has 1 fully saturated rings.